The van der Waals surface area contributed by atoms with Crippen LogP contribution in [0.3, 0.4) is 0 Å². The first-order chi connectivity index (χ1) is 6.15. The lowest BCUT2D eigenvalue weighted by molar-refractivity contribution is 0.201. The molecule has 0 atom stereocenters. The van der Waals surface area contributed by atoms with Crippen LogP contribution in [0, 0.1) is 0 Å². The number of methoxy groups -OCH3 is 1. The summed E-state index contributed by atoms with van der Waals surface area (Å²) < 4.78 is 4.88. The quantitative estimate of drug-likeness (QED) is 0.788. The highest BCUT2D eigenvalue weighted by atomic mass is 35.5. The topological polar surface area (TPSA) is 61.0 Å². The van der Waals surface area contributed by atoms with E-state index in [4.69, 9.17) is 33.7 Å². The van der Waals surface area contributed by atoms with Gasteiger partial charge in [-0.25, -0.2) is 4.98 Å². The van der Waals surface area contributed by atoms with E-state index in [-0.39, 0.29) is 11.1 Å². The van der Waals surface area contributed by atoms with E-state index in [1.807, 2.05) is 0 Å². The summed E-state index contributed by atoms with van der Waals surface area (Å²) in [5, 5.41) is 0.453. The Bertz CT molecular complexity index is 306. The third kappa shape index (κ3) is 2.69. The minimum Gasteiger partial charge on any atom is -0.384 e. The highest BCUT2D eigenvalue weighted by Crippen LogP contribution is 2.21. The van der Waals surface area contributed by atoms with Crippen molar-refractivity contribution < 1.29 is 4.74 Å². The molecule has 1 aromatic heterocycles. The summed E-state index contributed by atoms with van der Waals surface area (Å²) in [6.07, 6.45) is 0.571. The van der Waals surface area contributed by atoms with Crippen LogP contribution >= 0.6 is 23.2 Å². The fourth-order valence-corrected chi connectivity index (χ4v) is 1.22. The van der Waals surface area contributed by atoms with Crippen LogP contribution in [0.5, 0.6) is 0 Å². The highest BCUT2D eigenvalue weighted by Gasteiger charge is 2.08. The van der Waals surface area contributed by atoms with Crippen molar-refractivity contribution in [3.05, 3.63) is 16.0 Å². The Morgan fingerprint density at radius 2 is 2.08 bits per heavy atom. The molecular weight excluding hydrogens is 213 g/mol. The van der Waals surface area contributed by atoms with E-state index in [1.165, 1.54) is 0 Å². The molecule has 0 saturated heterocycles. The van der Waals surface area contributed by atoms with Gasteiger partial charge in [-0.15, -0.1) is 0 Å². The molecule has 0 aliphatic heterocycles. The summed E-state index contributed by atoms with van der Waals surface area (Å²) in [5.74, 6) is 0.202. The van der Waals surface area contributed by atoms with Gasteiger partial charge in [-0.2, -0.15) is 4.98 Å². The van der Waals surface area contributed by atoms with Crippen molar-refractivity contribution in [3.8, 4) is 0 Å². The minimum atomic E-state index is 0.105. The number of ether oxygens (including phenoxy) is 1. The van der Waals surface area contributed by atoms with Crippen molar-refractivity contribution in [2.45, 2.75) is 6.42 Å². The van der Waals surface area contributed by atoms with E-state index in [1.54, 1.807) is 7.11 Å². The third-order valence-corrected chi connectivity index (χ3v) is 2.04. The van der Waals surface area contributed by atoms with Gasteiger partial charge in [-0.3, -0.25) is 0 Å². The Hall–Kier alpha value is -0.580. The fraction of sp³-hybridized carbons (Fsp3) is 0.429. The van der Waals surface area contributed by atoms with E-state index in [2.05, 4.69) is 9.97 Å². The predicted octanol–water partition coefficient (Wildman–Crippen LogP) is 1.55. The van der Waals surface area contributed by atoms with Crippen LogP contribution < -0.4 is 5.73 Å². The summed E-state index contributed by atoms with van der Waals surface area (Å²) >= 11 is 11.4. The van der Waals surface area contributed by atoms with Gasteiger partial charge in [0.25, 0.3) is 0 Å². The van der Waals surface area contributed by atoms with Gasteiger partial charge >= 0.3 is 0 Å². The number of hydrogen-bond donors (Lipinski definition) is 1. The van der Waals surface area contributed by atoms with E-state index < -0.39 is 0 Å². The molecule has 0 radical (unpaired) electrons. The zero-order valence-corrected chi connectivity index (χ0v) is 8.56. The number of rotatable bonds is 3. The van der Waals surface area contributed by atoms with Crippen LogP contribution in [0.4, 0.5) is 5.82 Å². The molecule has 0 aliphatic rings. The molecule has 0 saturated carbocycles. The van der Waals surface area contributed by atoms with Crippen LogP contribution in [-0.4, -0.2) is 23.7 Å². The summed E-state index contributed by atoms with van der Waals surface area (Å²) in [5.41, 5.74) is 6.10. The third-order valence-electron chi connectivity index (χ3n) is 1.46. The van der Waals surface area contributed by atoms with Gasteiger partial charge < -0.3 is 10.5 Å². The number of aromatic nitrogens is 2. The van der Waals surface area contributed by atoms with Crippen molar-refractivity contribution in [1.29, 1.82) is 0 Å². The van der Waals surface area contributed by atoms with E-state index in [0.29, 0.717) is 23.7 Å². The first kappa shape index (κ1) is 10.5. The Balaban J connectivity index is 2.92. The smallest absolute Gasteiger partial charge is 0.224 e. The molecule has 72 valence electrons. The Morgan fingerprint density at radius 1 is 1.38 bits per heavy atom. The maximum atomic E-state index is 5.84. The molecule has 6 heteroatoms. The van der Waals surface area contributed by atoms with Crippen LogP contribution in [-0.2, 0) is 11.2 Å². The van der Waals surface area contributed by atoms with Gasteiger partial charge in [0, 0.05) is 13.5 Å². The maximum Gasteiger partial charge on any atom is 0.224 e. The number of halogens is 2. The number of nitrogens with two attached hydrogens (primary N) is 1. The molecular formula is C7H9Cl2N3O. The van der Waals surface area contributed by atoms with Crippen LogP contribution in [0.15, 0.2) is 0 Å². The summed E-state index contributed by atoms with van der Waals surface area (Å²) in [6.45, 7) is 0.520. The van der Waals surface area contributed by atoms with Gasteiger partial charge in [0.15, 0.2) is 0 Å². The normalized spacial score (nSPS) is 10.4. The second-order valence-corrected chi connectivity index (χ2v) is 3.10. The molecule has 1 rings (SSSR count). The molecule has 1 aromatic rings. The molecule has 0 bridgehead atoms. The number of nitrogens with zero attached hydrogens (tertiary/aromatic N) is 2. The van der Waals surface area contributed by atoms with Gasteiger partial charge in [-0.05, 0) is 11.6 Å². The molecule has 1 heterocycles. The van der Waals surface area contributed by atoms with Crippen molar-refractivity contribution in [3.63, 3.8) is 0 Å². The Labute approximate surface area is 86.0 Å². The first-order valence-electron chi connectivity index (χ1n) is 3.61. The Kier molecular flexibility index (Phi) is 3.71. The summed E-state index contributed by atoms with van der Waals surface area (Å²) in [6, 6.07) is 0. The average Bonchev–Trinajstić information content (AvgIpc) is 2.09. The van der Waals surface area contributed by atoms with E-state index in [9.17, 15) is 0 Å². The molecule has 0 aromatic carbocycles. The van der Waals surface area contributed by atoms with Crippen LogP contribution in [0.2, 0.25) is 10.3 Å². The summed E-state index contributed by atoms with van der Waals surface area (Å²) in [7, 11) is 1.60. The minimum absolute atomic E-state index is 0.105. The molecule has 2 N–H and O–H groups in total. The lowest BCUT2D eigenvalue weighted by Crippen LogP contribution is -2.03. The molecule has 0 aliphatic carbocycles. The SMILES string of the molecule is COCCc1nc(Cl)nc(N)c1Cl. The molecule has 4 nitrogen and oxygen atoms in total. The number of nitrogen functional groups attached to an aromatic ring is 1. The van der Waals surface area contributed by atoms with E-state index in [0.717, 1.165) is 0 Å². The van der Waals surface area contributed by atoms with Gasteiger partial charge in [0.1, 0.15) is 10.8 Å². The largest absolute Gasteiger partial charge is 0.384 e. The van der Waals surface area contributed by atoms with Crippen molar-refractivity contribution in [1.82, 2.24) is 9.97 Å². The highest BCUT2D eigenvalue weighted by molar-refractivity contribution is 6.34. The Morgan fingerprint density at radius 3 is 2.69 bits per heavy atom. The monoisotopic (exact) mass is 221 g/mol. The maximum absolute atomic E-state index is 5.84. The zero-order valence-electron chi connectivity index (χ0n) is 7.05. The fourth-order valence-electron chi connectivity index (χ4n) is 0.846. The molecule has 0 fully saturated rings. The zero-order chi connectivity index (χ0) is 9.84. The molecule has 0 amide bonds. The average molecular weight is 222 g/mol. The van der Waals surface area contributed by atoms with Crippen LogP contribution in [0.1, 0.15) is 5.69 Å². The lowest BCUT2D eigenvalue weighted by atomic mass is 10.3. The standard InChI is InChI=1S/C7H9Cl2N3O/c1-13-3-2-4-5(8)6(10)12-7(9)11-4/h2-3H2,1H3,(H2,10,11,12). The predicted molar refractivity (Wildman–Crippen MR) is 52.0 cm³/mol. The second kappa shape index (κ2) is 4.60. The number of hydrogen-bond acceptors (Lipinski definition) is 4. The van der Waals surface area contributed by atoms with Gasteiger partial charge in [0.05, 0.1) is 12.3 Å². The van der Waals surface area contributed by atoms with Gasteiger partial charge in [-0.1, -0.05) is 11.6 Å². The van der Waals surface area contributed by atoms with Gasteiger partial charge in [0.2, 0.25) is 5.28 Å². The first-order valence-corrected chi connectivity index (χ1v) is 4.37. The van der Waals surface area contributed by atoms with Crippen molar-refractivity contribution >= 4 is 29.0 Å². The van der Waals surface area contributed by atoms with Crippen LogP contribution in [0.25, 0.3) is 0 Å². The van der Waals surface area contributed by atoms with E-state index >= 15 is 0 Å². The summed E-state index contributed by atoms with van der Waals surface area (Å²) in [4.78, 5) is 7.63. The lowest BCUT2D eigenvalue weighted by Gasteiger charge is -2.04. The molecule has 0 spiro atoms. The second-order valence-electron chi connectivity index (χ2n) is 2.38. The molecule has 0 unspecified atom stereocenters. The molecule has 13 heavy (non-hydrogen) atoms. The van der Waals surface area contributed by atoms with Crippen molar-refractivity contribution in [2.24, 2.45) is 0 Å². The van der Waals surface area contributed by atoms with Crippen molar-refractivity contribution in [2.75, 3.05) is 19.5 Å². The number of anilines is 1.